The zero-order valence-electron chi connectivity index (χ0n) is 13.9. The maximum Gasteiger partial charge on any atom is 0.227 e. The molecule has 1 amide bonds. The number of aromatic amines is 1. The zero-order chi connectivity index (χ0) is 16.4. The first kappa shape index (κ1) is 15.6. The summed E-state index contributed by atoms with van der Waals surface area (Å²) < 4.78 is 0. The molecular formula is C17H23N5O. The Morgan fingerprint density at radius 2 is 2.17 bits per heavy atom. The maximum atomic E-state index is 12.4. The lowest BCUT2D eigenvalue weighted by atomic mass is 9.95. The molecule has 0 radical (unpaired) electrons. The Morgan fingerprint density at radius 3 is 2.87 bits per heavy atom. The van der Waals surface area contributed by atoms with Gasteiger partial charge in [-0.1, -0.05) is 20.8 Å². The van der Waals surface area contributed by atoms with Gasteiger partial charge in [-0.25, -0.2) is 4.98 Å². The van der Waals surface area contributed by atoms with Crippen LogP contribution in [0.4, 0.5) is 0 Å². The van der Waals surface area contributed by atoms with Gasteiger partial charge in [0.25, 0.3) is 0 Å². The molecule has 0 unspecified atom stereocenters. The van der Waals surface area contributed by atoms with E-state index in [4.69, 9.17) is 0 Å². The van der Waals surface area contributed by atoms with Crippen LogP contribution in [0.3, 0.4) is 0 Å². The molecule has 1 N–H and O–H groups in total. The largest absolute Gasteiger partial charge is 0.342 e. The molecule has 0 aliphatic carbocycles. The van der Waals surface area contributed by atoms with Gasteiger partial charge in [0, 0.05) is 36.5 Å². The highest BCUT2D eigenvalue weighted by atomic mass is 16.2. The number of nitrogens with zero attached hydrogens (tertiary/aromatic N) is 4. The summed E-state index contributed by atoms with van der Waals surface area (Å²) in [4.78, 5) is 23.3. The third-order valence-electron chi connectivity index (χ3n) is 4.19. The van der Waals surface area contributed by atoms with E-state index in [9.17, 15) is 4.79 Å². The molecule has 6 heteroatoms. The first-order valence-electron chi connectivity index (χ1n) is 8.03. The summed E-state index contributed by atoms with van der Waals surface area (Å²) in [5.41, 5.74) is 2.43. The van der Waals surface area contributed by atoms with Crippen LogP contribution in [0.15, 0.2) is 24.8 Å². The molecule has 1 fully saturated rings. The summed E-state index contributed by atoms with van der Waals surface area (Å²) >= 11 is 0. The number of amides is 1. The first-order chi connectivity index (χ1) is 10.9. The maximum absolute atomic E-state index is 12.4. The molecule has 1 aliphatic rings. The molecular weight excluding hydrogens is 290 g/mol. The molecule has 6 nitrogen and oxygen atoms in total. The monoisotopic (exact) mass is 313 g/mol. The summed E-state index contributed by atoms with van der Waals surface area (Å²) in [6.07, 6.45) is 9.00. The lowest BCUT2D eigenvalue weighted by Gasteiger charge is -2.25. The lowest BCUT2D eigenvalue weighted by Crippen LogP contribution is -2.38. The molecule has 122 valence electrons. The van der Waals surface area contributed by atoms with Crippen LogP contribution in [0.1, 0.15) is 32.9 Å². The molecule has 3 rings (SSSR count). The average Bonchev–Trinajstić information content (AvgIpc) is 3.17. The van der Waals surface area contributed by atoms with Gasteiger partial charge in [0.05, 0.1) is 23.8 Å². The second-order valence-electron chi connectivity index (χ2n) is 7.24. The van der Waals surface area contributed by atoms with Gasteiger partial charge in [0.1, 0.15) is 0 Å². The van der Waals surface area contributed by atoms with E-state index in [0.29, 0.717) is 5.92 Å². The van der Waals surface area contributed by atoms with E-state index >= 15 is 0 Å². The fourth-order valence-electron chi connectivity index (χ4n) is 2.99. The lowest BCUT2D eigenvalue weighted by molar-refractivity contribution is -0.138. The van der Waals surface area contributed by atoms with Crippen molar-refractivity contribution in [3.05, 3.63) is 30.5 Å². The van der Waals surface area contributed by atoms with Crippen molar-refractivity contribution in [1.29, 1.82) is 0 Å². The number of carbonyl (C=O) groups is 1. The van der Waals surface area contributed by atoms with Crippen molar-refractivity contribution in [2.75, 3.05) is 13.1 Å². The second kappa shape index (κ2) is 6.10. The fraction of sp³-hybridized carbons (Fsp3) is 0.529. The van der Waals surface area contributed by atoms with Crippen LogP contribution in [-0.4, -0.2) is 44.1 Å². The minimum atomic E-state index is -0.310. The Morgan fingerprint density at radius 1 is 1.35 bits per heavy atom. The number of aromatic nitrogens is 4. The number of rotatable bonds is 3. The molecule has 3 heterocycles. The van der Waals surface area contributed by atoms with Gasteiger partial charge in [-0.15, -0.1) is 0 Å². The van der Waals surface area contributed by atoms with Crippen molar-refractivity contribution in [2.24, 2.45) is 11.3 Å². The molecule has 2 aromatic heterocycles. The van der Waals surface area contributed by atoms with Crippen LogP contribution in [-0.2, 0) is 11.2 Å². The van der Waals surface area contributed by atoms with Crippen LogP contribution >= 0.6 is 0 Å². The number of hydrogen-bond donors (Lipinski definition) is 1. The van der Waals surface area contributed by atoms with Gasteiger partial charge in [-0.3, -0.25) is 14.9 Å². The van der Waals surface area contributed by atoms with Crippen molar-refractivity contribution >= 4 is 5.91 Å². The standard InChI is InChI=1S/C17H23N5O/c1-17(2,3)16(23)22-5-4-12(11-22)6-14-9-18-10-15(21-14)13-7-19-20-8-13/h7-10,12H,4-6,11H2,1-3H3,(H,19,20)/t12-/m1/s1. The van der Waals surface area contributed by atoms with Crippen LogP contribution in [0.25, 0.3) is 11.3 Å². The molecule has 1 aliphatic heterocycles. The summed E-state index contributed by atoms with van der Waals surface area (Å²) in [7, 11) is 0. The third kappa shape index (κ3) is 3.57. The fourth-order valence-corrected chi connectivity index (χ4v) is 2.99. The van der Waals surface area contributed by atoms with Crippen LogP contribution in [0.5, 0.6) is 0 Å². The van der Waals surface area contributed by atoms with E-state index in [1.165, 1.54) is 0 Å². The summed E-state index contributed by atoms with van der Waals surface area (Å²) in [6.45, 7) is 7.58. The van der Waals surface area contributed by atoms with Gasteiger partial charge in [-0.05, 0) is 18.8 Å². The minimum absolute atomic E-state index is 0.234. The van der Waals surface area contributed by atoms with E-state index in [1.807, 2.05) is 38.1 Å². The van der Waals surface area contributed by atoms with E-state index in [-0.39, 0.29) is 11.3 Å². The molecule has 0 bridgehead atoms. The van der Waals surface area contributed by atoms with Gasteiger partial charge in [0.2, 0.25) is 5.91 Å². The Balaban J connectivity index is 1.65. The van der Waals surface area contributed by atoms with Crippen molar-refractivity contribution < 1.29 is 4.79 Å². The summed E-state index contributed by atoms with van der Waals surface area (Å²) in [6, 6.07) is 0. The highest BCUT2D eigenvalue weighted by Gasteiger charge is 2.32. The predicted molar refractivity (Wildman–Crippen MR) is 87.5 cm³/mol. The molecule has 0 aromatic carbocycles. The van der Waals surface area contributed by atoms with E-state index in [1.54, 1.807) is 12.4 Å². The highest BCUT2D eigenvalue weighted by Crippen LogP contribution is 2.26. The normalized spacial score (nSPS) is 18.4. The number of H-pyrrole nitrogens is 1. The average molecular weight is 313 g/mol. The topological polar surface area (TPSA) is 74.8 Å². The Labute approximate surface area is 136 Å². The summed E-state index contributed by atoms with van der Waals surface area (Å²) in [5, 5.41) is 6.74. The van der Waals surface area contributed by atoms with E-state index in [2.05, 4.69) is 20.2 Å². The Hall–Kier alpha value is -2.24. The van der Waals surface area contributed by atoms with Crippen molar-refractivity contribution in [3.63, 3.8) is 0 Å². The van der Waals surface area contributed by atoms with Crippen LogP contribution in [0.2, 0.25) is 0 Å². The number of hydrogen-bond acceptors (Lipinski definition) is 4. The first-order valence-corrected chi connectivity index (χ1v) is 8.03. The molecule has 0 spiro atoms. The summed E-state index contributed by atoms with van der Waals surface area (Å²) in [5.74, 6) is 0.688. The third-order valence-corrected chi connectivity index (χ3v) is 4.19. The van der Waals surface area contributed by atoms with Crippen molar-refractivity contribution in [1.82, 2.24) is 25.1 Å². The molecule has 1 atom stereocenters. The SMILES string of the molecule is CC(C)(C)C(=O)N1CC[C@H](Cc2cncc(-c3cn[nH]c3)n2)C1. The Kier molecular flexibility index (Phi) is 4.15. The zero-order valence-corrected chi connectivity index (χ0v) is 13.9. The molecule has 23 heavy (non-hydrogen) atoms. The number of likely N-dealkylation sites (tertiary alicyclic amines) is 1. The van der Waals surface area contributed by atoms with E-state index in [0.717, 1.165) is 42.9 Å². The second-order valence-corrected chi connectivity index (χ2v) is 7.24. The number of nitrogens with one attached hydrogen (secondary N) is 1. The van der Waals surface area contributed by atoms with Crippen molar-refractivity contribution in [3.8, 4) is 11.3 Å². The van der Waals surface area contributed by atoms with Crippen LogP contribution < -0.4 is 0 Å². The quantitative estimate of drug-likeness (QED) is 0.943. The highest BCUT2D eigenvalue weighted by molar-refractivity contribution is 5.81. The Bertz CT molecular complexity index is 675. The number of carbonyl (C=O) groups excluding carboxylic acids is 1. The smallest absolute Gasteiger partial charge is 0.227 e. The minimum Gasteiger partial charge on any atom is -0.342 e. The van der Waals surface area contributed by atoms with Crippen molar-refractivity contribution in [2.45, 2.75) is 33.6 Å². The molecule has 2 aromatic rings. The van der Waals surface area contributed by atoms with Gasteiger partial charge < -0.3 is 4.90 Å². The predicted octanol–water partition coefficient (Wildman–Crippen LogP) is 2.30. The van der Waals surface area contributed by atoms with Gasteiger partial charge >= 0.3 is 0 Å². The molecule has 0 saturated carbocycles. The van der Waals surface area contributed by atoms with Gasteiger partial charge in [-0.2, -0.15) is 5.10 Å². The van der Waals surface area contributed by atoms with Crippen LogP contribution in [0, 0.1) is 11.3 Å². The van der Waals surface area contributed by atoms with Gasteiger partial charge in [0.15, 0.2) is 0 Å². The van der Waals surface area contributed by atoms with E-state index < -0.39 is 0 Å². The molecule has 1 saturated heterocycles.